The lowest BCUT2D eigenvalue weighted by molar-refractivity contribution is 0.638. The molecule has 2 N–H and O–H groups in total. The maximum absolute atomic E-state index is 6.31. The van der Waals surface area contributed by atoms with Crippen LogP contribution in [0.25, 0.3) is 0 Å². The molecule has 1 atom stereocenters. The molecule has 0 aliphatic heterocycles. The van der Waals surface area contributed by atoms with E-state index in [1.54, 1.807) is 0 Å². The molecule has 1 aromatic carbocycles. The highest BCUT2D eigenvalue weighted by atomic mass is 79.9. The molecule has 0 saturated carbocycles. The van der Waals surface area contributed by atoms with Crippen LogP contribution in [-0.4, -0.2) is 9.78 Å². The predicted octanol–water partition coefficient (Wildman–Crippen LogP) is 4.26. The summed E-state index contributed by atoms with van der Waals surface area (Å²) in [6, 6.07) is 6.03. The summed E-state index contributed by atoms with van der Waals surface area (Å²) in [5, 5.41) is 4.39. The smallest absolute Gasteiger partial charge is 0.0738 e. The van der Waals surface area contributed by atoms with E-state index in [0.717, 1.165) is 36.8 Å². The Bertz CT molecular complexity index is 587. The number of aromatic nitrogens is 2. The second-order valence-corrected chi connectivity index (χ2v) is 7.11. The maximum atomic E-state index is 6.31. The van der Waals surface area contributed by atoms with Gasteiger partial charge in [-0.3, -0.25) is 4.68 Å². The first kappa shape index (κ1) is 15.2. The Hall–Kier alpha value is -0.170. The lowest BCUT2D eigenvalue weighted by Crippen LogP contribution is -2.15. The third-order valence-electron chi connectivity index (χ3n) is 2.99. The molecule has 1 unspecified atom stereocenters. The molecule has 0 saturated heterocycles. The molecule has 0 radical (unpaired) electrons. The van der Waals surface area contributed by atoms with Gasteiger partial charge in [0.15, 0.2) is 0 Å². The standard InChI is InChI=1S/C13H14Br3N3/c1-7-13(16)12(19(2)18-7)6-11(17)8-3-9(14)5-10(15)4-8/h3-5,11H,6,17H2,1-2H3. The lowest BCUT2D eigenvalue weighted by Gasteiger charge is -2.14. The van der Waals surface area contributed by atoms with E-state index < -0.39 is 0 Å². The summed E-state index contributed by atoms with van der Waals surface area (Å²) in [5.41, 5.74) is 9.50. The number of aryl methyl sites for hydroxylation is 2. The quantitative estimate of drug-likeness (QED) is 0.757. The van der Waals surface area contributed by atoms with Crippen molar-refractivity contribution in [3.05, 3.63) is 48.6 Å². The number of benzene rings is 1. The molecule has 102 valence electrons. The summed E-state index contributed by atoms with van der Waals surface area (Å²) in [6.45, 7) is 1.98. The molecule has 2 aromatic rings. The van der Waals surface area contributed by atoms with Crippen molar-refractivity contribution >= 4 is 47.8 Å². The average molecular weight is 452 g/mol. The van der Waals surface area contributed by atoms with E-state index in [0.29, 0.717) is 0 Å². The van der Waals surface area contributed by atoms with Crippen LogP contribution in [0.3, 0.4) is 0 Å². The zero-order chi connectivity index (χ0) is 14.2. The van der Waals surface area contributed by atoms with Crippen LogP contribution < -0.4 is 5.73 Å². The van der Waals surface area contributed by atoms with E-state index in [1.165, 1.54) is 0 Å². The lowest BCUT2D eigenvalue weighted by atomic mass is 10.0. The van der Waals surface area contributed by atoms with Gasteiger partial charge in [-0.25, -0.2) is 0 Å². The maximum Gasteiger partial charge on any atom is 0.0738 e. The Kier molecular flexibility index (Phi) is 4.87. The first-order valence-corrected chi connectivity index (χ1v) is 8.16. The Morgan fingerprint density at radius 2 is 1.79 bits per heavy atom. The van der Waals surface area contributed by atoms with Crippen LogP contribution in [0.5, 0.6) is 0 Å². The minimum atomic E-state index is -0.0695. The minimum absolute atomic E-state index is 0.0695. The molecular weight excluding hydrogens is 438 g/mol. The highest BCUT2D eigenvalue weighted by molar-refractivity contribution is 9.11. The van der Waals surface area contributed by atoms with Crippen LogP contribution >= 0.6 is 47.8 Å². The van der Waals surface area contributed by atoms with Crippen LogP contribution in [-0.2, 0) is 13.5 Å². The fourth-order valence-corrected chi connectivity index (χ4v) is 3.84. The van der Waals surface area contributed by atoms with Gasteiger partial charge in [-0.2, -0.15) is 5.10 Å². The van der Waals surface area contributed by atoms with E-state index >= 15 is 0 Å². The second kappa shape index (κ2) is 6.08. The Labute approximate surface area is 137 Å². The fourth-order valence-electron chi connectivity index (χ4n) is 2.02. The van der Waals surface area contributed by atoms with Crippen LogP contribution in [0.4, 0.5) is 0 Å². The normalized spacial score (nSPS) is 12.7. The highest BCUT2D eigenvalue weighted by Gasteiger charge is 2.16. The predicted molar refractivity (Wildman–Crippen MR) is 88.1 cm³/mol. The number of hydrogen-bond donors (Lipinski definition) is 1. The largest absolute Gasteiger partial charge is 0.324 e. The number of nitrogens with zero attached hydrogens (tertiary/aromatic N) is 2. The van der Waals surface area contributed by atoms with Crippen molar-refractivity contribution in [2.24, 2.45) is 12.8 Å². The molecular formula is C13H14Br3N3. The molecule has 0 aliphatic rings. The fraction of sp³-hybridized carbons (Fsp3) is 0.308. The van der Waals surface area contributed by atoms with Crippen molar-refractivity contribution in [1.29, 1.82) is 0 Å². The second-order valence-electron chi connectivity index (χ2n) is 4.48. The molecule has 3 nitrogen and oxygen atoms in total. The monoisotopic (exact) mass is 449 g/mol. The first-order chi connectivity index (χ1) is 8.88. The summed E-state index contributed by atoms with van der Waals surface area (Å²) < 4.78 is 4.96. The molecule has 0 fully saturated rings. The van der Waals surface area contributed by atoms with Gasteiger partial charge in [0.25, 0.3) is 0 Å². The van der Waals surface area contributed by atoms with Crippen molar-refractivity contribution in [3.8, 4) is 0 Å². The molecule has 0 spiro atoms. The number of halogens is 3. The van der Waals surface area contributed by atoms with Crippen molar-refractivity contribution in [2.75, 3.05) is 0 Å². The van der Waals surface area contributed by atoms with Crippen molar-refractivity contribution in [3.63, 3.8) is 0 Å². The zero-order valence-corrected chi connectivity index (χ0v) is 15.4. The van der Waals surface area contributed by atoms with E-state index in [2.05, 4.69) is 52.9 Å². The number of hydrogen-bond acceptors (Lipinski definition) is 2. The number of nitrogens with two attached hydrogens (primary N) is 1. The SMILES string of the molecule is Cc1nn(C)c(CC(N)c2cc(Br)cc(Br)c2)c1Br. The van der Waals surface area contributed by atoms with Gasteiger partial charge in [0.1, 0.15) is 0 Å². The van der Waals surface area contributed by atoms with Gasteiger partial charge in [0.2, 0.25) is 0 Å². The van der Waals surface area contributed by atoms with Gasteiger partial charge in [0.05, 0.1) is 15.9 Å². The topological polar surface area (TPSA) is 43.8 Å². The Morgan fingerprint density at radius 1 is 1.21 bits per heavy atom. The van der Waals surface area contributed by atoms with Crippen molar-refractivity contribution < 1.29 is 0 Å². The zero-order valence-electron chi connectivity index (χ0n) is 10.6. The number of rotatable bonds is 3. The van der Waals surface area contributed by atoms with E-state index in [1.807, 2.05) is 36.9 Å². The van der Waals surface area contributed by atoms with Crippen molar-refractivity contribution in [2.45, 2.75) is 19.4 Å². The van der Waals surface area contributed by atoms with E-state index in [9.17, 15) is 0 Å². The van der Waals surface area contributed by atoms with Gasteiger partial charge in [-0.1, -0.05) is 31.9 Å². The molecule has 1 aromatic heterocycles. The van der Waals surface area contributed by atoms with Gasteiger partial charge < -0.3 is 5.73 Å². The Morgan fingerprint density at radius 3 is 2.26 bits per heavy atom. The van der Waals surface area contributed by atoms with Crippen molar-refractivity contribution in [1.82, 2.24) is 9.78 Å². The molecule has 0 amide bonds. The van der Waals surface area contributed by atoms with Crippen LogP contribution in [0.2, 0.25) is 0 Å². The average Bonchev–Trinajstić information content (AvgIpc) is 2.54. The summed E-state index contributed by atoms with van der Waals surface area (Å²) in [7, 11) is 1.94. The highest BCUT2D eigenvalue weighted by Crippen LogP contribution is 2.28. The Balaban J connectivity index is 2.27. The van der Waals surface area contributed by atoms with Crippen LogP contribution in [0, 0.1) is 6.92 Å². The summed E-state index contributed by atoms with van der Waals surface area (Å²) in [4.78, 5) is 0. The third kappa shape index (κ3) is 3.48. The summed E-state index contributed by atoms with van der Waals surface area (Å²) in [6.07, 6.45) is 0.737. The molecule has 2 rings (SSSR count). The summed E-state index contributed by atoms with van der Waals surface area (Å²) in [5.74, 6) is 0. The molecule has 19 heavy (non-hydrogen) atoms. The van der Waals surface area contributed by atoms with E-state index in [4.69, 9.17) is 5.73 Å². The van der Waals surface area contributed by atoms with E-state index in [-0.39, 0.29) is 6.04 Å². The molecule has 0 aliphatic carbocycles. The minimum Gasteiger partial charge on any atom is -0.324 e. The first-order valence-electron chi connectivity index (χ1n) is 5.78. The van der Waals surface area contributed by atoms with Crippen LogP contribution in [0.15, 0.2) is 31.6 Å². The van der Waals surface area contributed by atoms with Gasteiger partial charge in [-0.05, 0) is 46.6 Å². The van der Waals surface area contributed by atoms with Gasteiger partial charge in [0, 0.05) is 28.5 Å². The third-order valence-corrected chi connectivity index (χ3v) is 4.94. The molecule has 0 bridgehead atoms. The summed E-state index contributed by atoms with van der Waals surface area (Å²) >= 11 is 10.5. The molecule has 6 heteroatoms. The van der Waals surface area contributed by atoms with Crippen LogP contribution in [0.1, 0.15) is 23.0 Å². The molecule has 1 heterocycles. The van der Waals surface area contributed by atoms with Gasteiger partial charge >= 0.3 is 0 Å². The van der Waals surface area contributed by atoms with Gasteiger partial charge in [-0.15, -0.1) is 0 Å².